The quantitative estimate of drug-likeness (QED) is 0.616. The number of sulfonamides is 1. The van der Waals surface area contributed by atoms with Crippen LogP contribution in [0, 0.1) is 6.92 Å². The molecule has 0 radical (unpaired) electrons. The molecule has 0 spiro atoms. The first kappa shape index (κ1) is 22.4. The van der Waals surface area contributed by atoms with Crippen molar-refractivity contribution in [2.45, 2.75) is 11.8 Å². The number of halogens is 1. The molecule has 0 bridgehead atoms. The van der Waals surface area contributed by atoms with E-state index in [0.29, 0.717) is 18.9 Å². The number of rotatable bonds is 6. The number of carbonyl (C=O) groups is 2. The molecule has 1 fully saturated rings. The molecule has 10 heteroatoms. The van der Waals surface area contributed by atoms with Crippen molar-refractivity contribution in [3.8, 4) is 0 Å². The first-order valence-corrected chi connectivity index (χ1v) is 11.4. The largest absolute Gasteiger partial charge is 0.452 e. The number of nitrogens with one attached hydrogen (secondary N) is 1. The topological polar surface area (TPSA) is 102 Å². The van der Waals surface area contributed by atoms with Crippen molar-refractivity contribution < 1.29 is 27.5 Å². The minimum Gasteiger partial charge on any atom is -0.452 e. The summed E-state index contributed by atoms with van der Waals surface area (Å²) in [5, 5.41) is 2.64. The highest BCUT2D eigenvalue weighted by molar-refractivity contribution is 9.10. The van der Waals surface area contributed by atoms with E-state index in [-0.39, 0.29) is 23.5 Å². The Hall–Kier alpha value is -2.27. The van der Waals surface area contributed by atoms with E-state index in [0.717, 1.165) is 10.0 Å². The Morgan fingerprint density at radius 2 is 1.90 bits per heavy atom. The van der Waals surface area contributed by atoms with Crippen molar-refractivity contribution in [1.29, 1.82) is 0 Å². The van der Waals surface area contributed by atoms with Crippen molar-refractivity contribution >= 4 is 43.5 Å². The fourth-order valence-corrected chi connectivity index (χ4v) is 4.55. The zero-order valence-electron chi connectivity index (χ0n) is 16.3. The van der Waals surface area contributed by atoms with E-state index >= 15 is 0 Å². The molecule has 30 heavy (non-hydrogen) atoms. The molecule has 1 aliphatic rings. The number of nitrogens with zero attached hydrogens (tertiary/aromatic N) is 1. The van der Waals surface area contributed by atoms with Crippen LogP contribution in [0.3, 0.4) is 0 Å². The maximum absolute atomic E-state index is 12.7. The lowest BCUT2D eigenvalue weighted by atomic mass is 10.2. The number of anilines is 1. The summed E-state index contributed by atoms with van der Waals surface area (Å²) in [7, 11) is -3.74. The summed E-state index contributed by atoms with van der Waals surface area (Å²) in [6, 6.07) is 10.9. The van der Waals surface area contributed by atoms with Gasteiger partial charge in [-0.25, -0.2) is 13.2 Å². The van der Waals surface area contributed by atoms with Crippen LogP contribution in [0.5, 0.6) is 0 Å². The van der Waals surface area contributed by atoms with Gasteiger partial charge in [0.05, 0.1) is 23.7 Å². The maximum atomic E-state index is 12.7. The number of hydrogen-bond donors (Lipinski definition) is 1. The molecule has 0 aliphatic carbocycles. The van der Waals surface area contributed by atoms with Crippen molar-refractivity contribution in [2.24, 2.45) is 0 Å². The van der Waals surface area contributed by atoms with Gasteiger partial charge in [0.1, 0.15) is 0 Å². The number of ether oxygens (including phenoxy) is 2. The lowest BCUT2D eigenvalue weighted by molar-refractivity contribution is -0.119. The van der Waals surface area contributed by atoms with Gasteiger partial charge in [-0.2, -0.15) is 4.31 Å². The van der Waals surface area contributed by atoms with Crippen LogP contribution in [0.4, 0.5) is 5.69 Å². The van der Waals surface area contributed by atoms with Crippen LogP contribution in [0.2, 0.25) is 0 Å². The van der Waals surface area contributed by atoms with Crippen molar-refractivity contribution in [3.05, 3.63) is 58.1 Å². The van der Waals surface area contributed by atoms with Gasteiger partial charge < -0.3 is 14.8 Å². The molecule has 1 saturated heterocycles. The van der Waals surface area contributed by atoms with Gasteiger partial charge in [0.25, 0.3) is 5.91 Å². The zero-order chi connectivity index (χ0) is 21.7. The van der Waals surface area contributed by atoms with Gasteiger partial charge in [0.15, 0.2) is 6.61 Å². The SMILES string of the molecule is Cc1cc(NC(=O)COC(=O)c2cccc(S(=O)(=O)N3CCOCC3)c2)ccc1Br. The van der Waals surface area contributed by atoms with Crippen LogP contribution < -0.4 is 5.32 Å². The number of hydrogen-bond acceptors (Lipinski definition) is 6. The Bertz CT molecular complexity index is 1050. The monoisotopic (exact) mass is 496 g/mol. The third-order valence-corrected chi connectivity index (χ3v) is 7.24. The Morgan fingerprint density at radius 1 is 1.17 bits per heavy atom. The Balaban J connectivity index is 1.62. The summed E-state index contributed by atoms with van der Waals surface area (Å²) in [6.45, 7) is 2.56. The van der Waals surface area contributed by atoms with E-state index in [1.807, 2.05) is 6.92 Å². The molecule has 1 N–H and O–H groups in total. The van der Waals surface area contributed by atoms with Gasteiger partial charge >= 0.3 is 5.97 Å². The fraction of sp³-hybridized carbons (Fsp3) is 0.300. The smallest absolute Gasteiger partial charge is 0.338 e. The predicted octanol–water partition coefficient (Wildman–Crippen LogP) is 2.57. The molecule has 2 aromatic rings. The summed E-state index contributed by atoms with van der Waals surface area (Å²) < 4.78 is 37.9. The summed E-state index contributed by atoms with van der Waals surface area (Å²) in [5.74, 6) is -1.28. The van der Waals surface area contributed by atoms with E-state index in [1.54, 1.807) is 18.2 Å². The second-order valence-electron chi connectivity index (χ2n) is 6.63. The summed E-state index contributed by atoms with van der Waals surface area (Å²) in [6.07, 6.45) is 0. The summed E-state index contributed by atoms with van der Waals surface area (Å²) >= 11 is 3.38. The number of amides is 1. The van der Waals surface area contributed by atoms with E-state index in [9.17, 15) is 18.0 Å². The molecule has 0 atom stereocenters. The van der Waals surface area contributed by atoms with Crippen molar-refractivity contribution in [3.63, 3.8) is 0 Å². The third kappa shape index (κ3) is 5.45. The Kier molecular flexibility index (Phi) is 7.24. The van der Waals surface area contributed by atoms with E-state index in [4.69, 9.17) is 9.47 Å². The van der Waals surface area contributed by atoms with Crippen LogP contribution >= 0.6 is 15.9 Å². The number of carbonyl (C=O) groups excluding carboxylic acids is 2. The predicted molar refractivity (Wildman–Crippen MR) is 114 cm³/mol. The molecule has 160 valence electrons. The Morgan fingerprint density at radius 3 is 2.60 bits per heavy atom. The standard InChI is InChI=1S/C20H21BrN2O6S/c1-14-11-16(5-6-18(14)21)22-19(24)13-29-20(25)15-3-2-4-17(12-15)30(26,27)23-7-9-28-10-8-23/h2-6,11-12H,7-10,13H2,1H3,(H,22,24). The van der Waals surface area contributed by atoms with Crippen LogP contribution in [-0.4, -0.2) is 57.5 Å². The molecule has 1 aliphatic heterocycles. The highest BCUT2D eigenvalue weighted by Gasteiger charge is 2.27. The van der Waals surface area contributed by atoms with E-state index in [1.165, 1.54) is 28.6 Å². The number of aryl methyl sites for hydroxylation is 1. The van der Waals surface area contributed by atoms with Gasteiger partial charge in [0.2, 0.25) is 10.0 Å². The van der Waals surface area contributed by atoms with Crippen molar-refractivity contribution in [1.82, 2.24) is 4.31 Å². The zero-order valence-corrected chi connectivity index (χ0v) is 18.7. The lowest BCUT2D eigenvalue weighted by Crippen LogP contribution is -2.40. The first-order chi connectivity index (χ1) is 14.3. The molecule has 0 saturated carbocycles. The summed E-state index contributed by atoms with van der Waals surface area (Å²) in [4.78, 5) is 24.4. The maximum Gasteiger partial charge on any atom is 0.338 e. The highest BCUT2D eigenvalue weighted by atomic mass is 79.9. The van der Waals surface area contributed by atoms with Crippen LogP contribution in [0.25, 0.3) is 0 Å². The second-order valence-corrected chi connectivity index (χ2v) is 9.42. The first-order valence-electron chi connectivity index (χ1n) is 9.18. The van der Waals surface area contributed by atoms with Gasteiger partial charge in [-0.15, -0.1) is 0 Å². The lowest BCUT2D eigenvalue weighted by Gasteiger charge is -2.26. The molecular weight excluding hydrogens is 476 g/mol. The second kappa shape index (κ2) is 9.69. The van der Waals surface area contributed by atoms with Crippen LogP contribution in [0.1, 0.15) is 15.9 Å². The van der Waals surface area contributed by atoms with Gasteiger partial charge in [-0.3, -0.25) is 4.79 Å². The molecule has 1 amide bonds. The van der Waals surface area contributed by atoms with Gasteiger partial charge in [-0.1, -0.05) is 22.0 Å². The fourth-order valence-electron chi connectivity index (χ4n) is 2.85. The molecule has 1 heterocycles. The average Bonchev–Trinajstić information content (AvgIpc) is 2.75. The third-order valence-electron chi connectivity index (χ3n) is 4.45. The molecular formula is C20H21BrN2O6S. The van der Waals surface area contributed by atoms with Crippen LogP contribution in [0.15, 0.2) is 51.8 Å². The van der Waals surface area contributed by atoms with E-state index < -0.39 is 28.5 Å². The van der Waals surface area contributed by atoms with Gasteiger partial charge in [-0.05, 0) is 48.9 Å². The normalized spacial score (nSPS) is 14.9. The minimum atomic E-state index is -3.74. The summed E-state index contributed by atoms with van der Waals surface area (Å²) in [5.41, 5.74) is 1.58. The number of morpholine rings is 1. The number of esters is 1. The average molecular weight is 497 g/mol. The molecule has 0 unspecified atom stereocenters. The minimum absolute atomic E-state index is 0.00589. The molecule has 8 nitrogen and oxygen atoms in total. The number of benzene rings is 2. The van der Waals surface area contributed by atoms with Crippen LogP contribution in [-0.2, 0) is 24.3 Å². The highest BCUT2D eigenvalue weighted by Crippen LogP contribution is 2.20. The van der Waals surface area contributed by atoms with E-state index in [2.05, 4.69) is 21.2 Å². The molecule has 0 aromatic heterocycles. The van der Waals surface area contributed by atoms with Crippen molar-refractivity contribution in [2.75, 3.05) is 38.2 Å². The Labute approximate surface area is 183 Å². The molecule has 3 rings (SSSR count). The molecule has 2 aromatic carbocycles. The van der Waals surface area contributed by atoms with Gasteiger partial charge in [0, 0.05) is 23.2 Å².